The van der Waals surface area contributed by atoms with Crippen LogP contribution in [0.5, 0.6) is 11.5 Å². The SMILES string of the molecule is COc1ccc(S(=O)(=O)Nc2ncn(Cc3ccccc3C)n2)cc1OC. The number of hydrogen-bond donors (Lipinski definition) is 1. The zero-order valence-corrected chi connectivity index (χ0v) is 16.0. The molecule has 0 spiro atoms. The molecule has 3 aromatic rings. The number of aromatic nitrogens is 3. The van der Waals surface area contributed by atoms with E-state index in [2.05, 4.69) is 14.8 Å². The maximum absolute atomic E-state index is 12.6. The molecule has 142 valence electrons. The van der Waals surface area contributed by atoms with Crippen LogP contribution < -0.4 is 14.2 Å². The van der Waals surface area contributed by atoms with Crippen molar-refractivity contribution in [3.8, 4) is 11.5 Å². The molecule has 3 rings (SSSR count). The fraction of sp³-hybridized carbons (Fsp3) is 0.222. The number of anilines is 1. The highest BCUT2D eigenvalue weighted by molar-refractivity contribution is 7.92. The monoisotopic (exact) mass is 388 g/mol. The van der Waals surface area contributed by atoms with Crippen LogP contribution in [0.3, 0.4) is 0 Å². The Bertz CT molecular complexity index is 1050. The molecule has 0 aliphatic rings. The summed E-state index contributed by atoms with van der Waals surface area (Å²) in [7, 11) is -0.940. The second-order valence-electron chi connectivity index (χ2n) is 5.81. The molecule has 9 heteroatoms. The van der Waals surface area contributed by atoms with Crippen molar-refractivity contribution in [1.29, 1.82) is 0 Å². The highest BCUT2D eigenvalue weighted by atomic mass is 32.2. The molecule has 0 saturated heterocycles. The minimum Gasteiger partial charge on any atom is -0.493 e. The van der Waals surface area contributed by atoms with E-state index in [0.717, 1.165) is 11.1 Å². The van der Waals surface area contributed by atoms with Crippen LogP contribution >= 0.6 is 0 Å². The van der Waals surface area contributed by atoms with Crippen LogP contribution in [0.15, 0.2) is 53.7 Å². The minimum atomic E-state index is -3.86. The molecule has 0 saturated carbocycles. The number of methoxy groups -OCH3 is 2. The predicted molar refractivity (Wildman–Crippen MR) is 101 cm³/mol. The Labute approximate surface area is 157 Å². The highest BCUT2D eigenvalue weighted by Crippen LogP contribution is 2.29. The lowest BCUT2D eigenvalue weighted by Gasteiger charge is -2.10. The van der Waals surface area contributed by atoms with Crippen LogP contribution in [0.4, 0.5) is 5.95 Å². The second-order valence-corrected chi connectivity index (χ2v) is 7.50. The lowest BCUT2D eigenvalue weighted by Crippen LogP contribution is -2.14. The molecular formula is C18H20N4O4S. The molecule has 0 atom stereocenters. The van der Waals surface area contributed by atoms with E-state index in [-0.39, 0.29) is 10.8 Å². The van der Waals surface area contributed by atoms with Crippen molar-refractivity contribution >= 4 is 16.0 Å². The normalized spacial score (nSPS) is 11.2. The van der Waals surface area contributed by atoms with Gasteiger partial charge in [-0.2, -0.15) is 4.98 Å². The number of ether oxygens (including phenoxy) is 2. The number of nitrogens with zero attached hydrogens (tertiary/aromatic N) is 3. The summed E-state index contributed by atoms with van der Waals surface area (Å²) in [6.45, 7) is 2.50. The quantitative estimate of drug-likeness (QED) is 0.668. The summed E-state index contributed by atoms with van der Waals surface area (Å²) in [5.74, 6) is 0.758. The molecule has 0 bridgehead atoms. The van der Waals surface area contributed by atoms with Gasteiger partial charge in [0.05, 0.1) is 25.7 Å². The average molecular weight is 388 g/mol. The zero-order valence-electron chi connectivity index (χ0n) is 15.2. The van der Waals surface area contributed by atoms with Crippen molar-refractivity contribution in [3.05, 3.63) is 59.9 Å². The third-order valence-electron chi connectivity index (χ3n) is 4.02. The minimum absolute atomic E-state index is 0.00151. The Morgan fingerprint density at radius 3 is 2.52 bits per heavy atom. The van der Waals surface area contributed by atoms with Gasteiger partial charge in [0.25, 0.3) is 16.0 Å². The maximum atomic E-state index is 12.6. The predicted octanol–water partition coefficient (Wildman–Crippen LogP) is 2.45. The van der Waals surface area contributed by atoms with E-state index in [9.17, 15) is 8.42 Å². The molecule has 1 N–H and O–H groups in total. The number of benzene rings is 2. The van der Waals surface area contributed by atoms with Gasteiger partial charge in [-0.3, -0.25) is 0 Å². The van der Waals surface area contributed by atoms with Gasteiger partial charge in [0.15, 0.2) is 11.5 Å². The van der Waals surface area contributed by atoms with Crippen molar-refractivity contribution in [2.24, 2.45) is 0 Å². The average Bonchev–Trinajstić information content (AvgIpc) is 3.09. The van der Waals surface area contributed by atoms with Crippen LogP contribution in [0.2, 0.25) is 0 Å². The van der Waals surface area contributed by atoms with Gasteiger partial charge in [0.1, 0.15) is 6.33 Å². The first-order valence-electron chi connectivity index (χ1n) is 8.12. The third kappa shape index (κ3) is 4.20. The van der Waals surface area contributed by atoms with E-state index < -0.39 is 10.0 Å². The Kier molecular flexibility index (Phi) is 5.31. The van der Waals surface area contributed by atoms with Gasteiger partial charge in [-0.1, -0.05) is 24.3 Å². The molecule has 0 unspecified atom stereocenters. The van der Waals surface area contributed by atoms with Gasteiger partial charge >= 0.3 is 0 Å². The molecule has 27 heavy (non-hydrogen) atoms. The van der Waals surface area contributed by atoms with Gasteiger partial charge in [0, 0.05) is 6.07 Å². The first-order chi connectivity index (χ1) is 12.9. The Morgan fingerprint density at radius 2 is 1.81 bits per heavy atom. The van der Waals surface area contributed by atoms with Crippen LogP contribution in [0.1, 0.15) is 11.1 Å². The molecular weight excluding hydrogens is 368 g/mol. The van der Waals surface area contributed by atoms with Crippen molar-refractivity contribution in [2.45, 2.75) is 18.4 Å². The molecule has 2 aromatic carbocycles. The molecule has 8 nitrogen and oxygen atoms in total. The standard InChI is InChI=1S/C18H20N4O4S/c1-13-6-4-5-7-14(13)11-22-12-19-18(20-22)21-27(23,24)15-8-9-16(25-2)17(10-15)26-3/h4-10,12H,11H2,1-3H3,(H,20,21). The summed E-state index contributed by atoms with van der Waals surface area (Å²) < 4.78 is 39.4. The molecule has 1 heterocycles. The van der Waals surface area contributed by atoms with E-state index >= 15 is 0 Å². The first kappa shape index (κ1) is 18.7. The van der Waals surface area contributed by atoms with E-state index in [1.807, 2.05) is 31.2 Å². The third-order valence-corrected chi connectivity index (χ3v) is 5.35. The van der Waals surface area contributed by atoms with Crippen molar-refractivity contribution in [2.75, 3.05) is 18.9 Å². The summed E-state index contributed by atoms with van der Waals surface area (Å²) in [5, 5.41) is 4.19. The number of nitrogens with one attached hydrogen (secondary N) is 1. The number of aryl methyl sites for hydroxylation is 1. The van der Waals surface area contributed by atoms with E-state index in [4.69, 9.17) is 9.47 Å². The van der Waals surface area contributed by atoms with Crippen molar-refractivity contribution in [1.82, 2.24) is 14.8 Å². The number of rotatable bonds is 7. The van der Waals surface area contributed by atoms with E-state index in [1.54, 1.807) is 4.68 Å². The Balaban J connectivity index is 1.79. The van der Waals surface area contributed by atoms with Gasteiger partial charge in [-0.05, 0) is 30.2 Å². The first-order valence-corrected chi connectivity index (χ1v) is 9.60. The van der Waals surface area contributed by atoms with Crippen LogP contribution in [-0.4, -0.2) is 37.4 Å². The second kappa shape index (κ2) is 7.67. The van der Waals surface area contributed by atoms with E-state index in [0.29, 0.717) is 18.0 Å². The Morgan fingerprint density at radius 1 is 1.07 bits per heavy atom. The van der Waals surface area contributed by atoms with Crippen LogP contribution in [0.25, 0.3) is 0 Å². The van der Waals surface area contributed by atoms with Crippen LogP contribution in [0, 0.1) is 6.92 Å². The molecule has 0 amide bonds. The fourth-order valence-electron chi connectivity index (χ4n) is 2.54. The molecule has 0 fully saturated rings. The lowest BCUT2D eigenvalue weighted by atomic mass is 10.1. The zero-order chi connectivity index (χ0) is 19.4. The van der Waals surface area contributed by atoms with Gasteiger partial charge < -0.3 is 9.47 Å². The molecule has 1 aromatic heterocycles. The number of sulfonamides is 1. The maximum Gasteiger partial charge on any atom is 0.264 e. The van der Waals surface area contributed by atoms with Crippen LogP contribution in [-0.2, 0) is 16.6 Å². The summed E-state index contributed by atoms with van der Waals surface area (Å²) >= 11 is 0. The topological polar surface area (TPSA) is 95.3 Å². The summed E-state index contributed by atoms with van der Waals surface area (Å²) in [6, 6.07) is 12.2. The Hall–Kier alpha value is -3.07. The summed E-state index contributed by atoms with van der Waals surface area (Å²) in [5.41, 5.74) is 2.21. The van der Waals surface area contributed by atoms with Gasteiger partial charge in [-0.25, -0.2) is 17.8 Å². The van der Waals surface area contributed by atoms with Gasteiger partial charge in [0.2, 0.25) is 0 Å². The molecule has 0 radical (unpaired) electrons. The van der Waals surface area contributed by atoms with Gasteiger partial charge in [-0.15, -0.1) is 5.10 Å². The van der Waals surface area contributed by atoms with Crippen molar-refractivity contribution in [3.63, 3.8) is 0 Å². The fourth-order valence-corrected chi connectivity index (χ4v) is 3.50. The highest BCUT2D eigenvalue weighted by Gasteiger charge is 2.19. The number of hydrogen-bond acceptors (Lipinski definition) is 6. The molecule has 0 aliphatic heterocycles. The van der Waals surface area contributed by atoms with Crippen molar-refractivity contribution < 1.29 is 17.9 Å². The summed E-state index contributed by atoms with van der Waals surface area (Å²) in [6.07, 6.45) is 1.49. The largest absolute Gasteiger partial charge is 0.493 e. The lowest BCUT2D eigenvalue weighted by molar-refractivity contribution is 0.354. The van der Waals surface area contributed by atoms with E-state index in [1.165, 1.54) is 38.7 Å². The molecule has 0 aliphatic carbocycles. The summed E-state index contributed by atoms with van der Waals surface area (Å²) in [4.78, 5) is 4.06. The smallest absolute Gasteiger partial charge is 0.264 e.